The lowest BCUT2D eigenvalue weighted by atomic mass is 10.1. The molecule has 1 N–H and O–H groups in total. The van der Waals surface area contributed by atoms with Crippen LogP contribution in [0.2, 0.25) is 5.02 Å². The molecule has 0 atom stereocenters. The highest BCUT2D eigenvalue weighted by atomic mass is 35.5. The van der Waals surface area contributed by atoms with Crippen molar-refractivity contribution in [2.45, 2.75) is 13.8 Å². The van der Waals surface area contributed by atoms with Crippen LogP contribution in [-0.2, 0) is 4.79 Å². The molecule has 160 valence electrons. The van der Waals surface area contributed by atoms with Gasteiger partial charge in [0.05, 0.1) is 5.52 Å². The van der Waals surface area contributed by atoms with E-state index >= 15 is 0 Å². The normalized spacial score (nSPS) is 15.0. The van der Waals surface area contributed by atoms with E-state index in [0.29, 0.717) is 5.02 Å². The zero-order valence-electron chi connectivity index (χ0n) is 17.9. The van der Waals surface area contributed by atoms with Crippen LogP contribution < -0.4 is 10.2 Å². The molecule has 0 saturated carbocycles. The second kappa shape index (κ2) is 9.50. The van der Waals surface area contributed by atoms with Crippen molar-refractivity contribution >= 4 is 46.0 Å². The molecule has 0 aliphatic carbocycles. The fourth-order valence-electron chi connectivity index (χ4n) is 3.88. The van der Waals surface area contributed by atoms with Crippen molar-refractivity contribution in [1.82, 2.24) is 9.88 Å². The van der Waals surface area contributed by atoms with E-state index in [0.717, 1.165) is 66.3 Å². The first kappa shape index (κ1) is 21.3. The predicted molar refractivity (Wildman–Crippen MR) is 130 cm³/mol. The Kier molecular flexibility index (Phi) is 6.54. The van der Waals surface area contributed by atoms with Crippen molar-refractivity contribution in [2.24, 2.45) is 0 Å². The predicted octanol–water partition coefficient (Wildman–Crippen LogP) is 4.99. The summed E-state index contributed by atoms with van der Waals surface area (Å²) in [5.74, 6) is 0.845. The van der Waals surface area contributed by atoms with E-state index < -0.39 is 0 Å². The second-order valence-electron chi connectivity index (χ2n) is 7.83. The molecule has 1 aromatic heterocycles. The summed E-state index contributed by atoms with van der Waals surface area (Å²) in [6, 6.07) is 15.4. The van der Waals surface area contributed by atoms with Crippen LogP contribution in [0.3, 0.4) is 0 Å². The lowest BCUT2D eigenvalue weighted by molar-refractivity contribution is -0.111. The molecule has 1 aliphatic rings. The Morgan fingerprint density at radius 1 is 1.13 bits per heavy atom. The number of nitrogens with zero attached hydrogens (tertiary/aromatic N) is 3. The summed E-state index contributed by atoms with van der Waals surface area (Å²) in [5.41, 5.74) is 3.74. The van der Waals surface area contributed by atoms with Crippen molar-refractivity contribution in [2.75, 3.05) is 42.9 Å². The Morgan fingerprint density at radius 2 is 1.94 bits per heavy atom. The average molecular weight is 435 g/mol. The van der Waals surface area contributed by atoms with Gasteiger partial charge in [0, 0.05) is 48.4 Å². The number of piperazine rings is 1. The topological polar surface area (TPSA) is 48.5 Å². The molecule has 0 spiro atoms. The number of hydrogen-bond donors (Lipinski definition) is 1. The van der Waals surface area contributed by atoms with Gasteiger partial charge in [-0.15, -0.1) is 0 Å². The van der Waals surface area contributed by atoms with Crippen LogP contribution >= 0.6 is 11.6 Å². The maximum Gasteiger partial charge on any atom is 0.248 e. The van der Waals surface area contributed by atoms with E-state index in [1.54, 1.807) is 12.1 Å². The van der Waals surface area contributed by atoms with Gasteiger partial charge in [0.2, 0.25) is 5.91 Å². The van der Waals surface area contributed by atoms with E-state index in [4.69, 9.17) is 16.6 Å². The minimum absolute atomic E-state index is 0.185. The van der Waals surface area contributed by atoms with E-state index in [1.807, 2.05) is 36.4 Å². The highest BCUT2D eigenvalue weighted by Gasteiger charge is 2.17. The third kappa shape index (κ3) is 5.24. The Balaban J connectivity index is 1.48. The van der Waals surface area contributed by atoms with Gasteiger partial charge in [-0.05, 0) is 67.1 Å². The minimum Gasteiger partial charge on any atom is -0.354 e. The molecule has 2 heterocycles. The van der Waals surface area contributed by atoms with E-state index in [1.165, 1.54) is 6.08 Å². The van der Waals surface area contributed by atoms with Crippen LogP contribution in [0.1, 0.15) is 18.1 Å². The SMILES string of the molecule is CCN1CCN(c2cc(C)c3cc(NC(=O)/C=C/c4cccc(Cl)c4)ccc3n2)CC1. The average Bonchev–Trinajstić information content (AvgIpc) is 2.78. The number of benzene rings is 2. The molecule has 31 heavy (non-hydrogen) atoms. The first-order valence-corrected chi connectivity index (χ1v) is 11.0. The molecule has 0 radical (unpaired) electrons. The molecule has 1 aliphatic heterocycles. The Bertz CT molecular complexity index is 1120. The number of carbonyl (C=O) groups is 1. The van der Waals surface area contributed by atoms with Crippen molar-refractivity contribution in [3.8, 4) is 0 Å². The van der Waals surface area contributed by atoms with Crippen molar-refractivity contribution in [1.29, 1.82) is 0 Å². The zero-order chi connectivity index (χ0) is 21.8. The molecule has 0 bridgehead atoms. The Morgan fingerprint density at radius 3 is 2.68 bits per heavy atom. The first-order valence-electron chi connectivity index (χ1n) is 10.6. The standard InChI is InChI=1S/C25H27ClN4O/c1-3-29-11-13-30(14-12-29)24-15-18(2)22-17-21(8-9-23(22)28-24)27-25(31)10-7-19-5-4-6-20(26)16-19/h4-10,15-17H,3,11-14H2,1-2H3,(H,27,31)/b10-7+. The van der Waals surface area contributed by atoms with Crippen LogP contribution in [0.4, 0.5) is 11.5 Å². The number of likely N-dealkylation sites (N-methyl/N-ethyl adjacent to an activating group) is 1. The fourth-order valence-corrected chi connectivity index (χ4v) is 4.07. The van der Waals surface area contributed by atoms with Gasteiger partial charge in [0.25, 0.3) is 0 Å². The Hall–Kier alpha value is -2.89. The van der Waals surface area contributed by atoms with Gasteiger partial charge in [0.1, 0.15) is 5.82 Å². The number of aromatic nitrogens is 1. The van der Waals surface area contributed by atoms with Gasteiger partial charge in [-0.25, -0.2) is 4.98 Å². The summed E-state index contributed by atoms with van der Waals surface area (Å²) in [6.07, 6.45) is 3.26. The van der Waals surface area contributed by atoms with E-state index in [9.17, 15) is 4.79 Å². The van der Waals surface area contributed by atoms with Gasteiger partial charge in [0.15, 0.2) is 0 Å². The zero-order valence-corrected chi connectivity index (χ0v) is 18.7. The maximum absolute atomic E-state index is 12.3. The molecule has 0 unspecified atom stereocenters. The lowest BCUT2D eigenvalue weighted by Crippen LogP contribution is -2.46. The first-order chi connectivity index (χ1) is 15.0. The summed E-state index contributed by atoms with van der Waals surface area (Å²) in [6.45, 7) is 9.54. The van der Waals surface area contributed by atoms with Crippen molar-refractivity contribution in [3.05, 3.63) is 70.8 Å². The van der Waals surface area contributed by atoms with Gasteiger partial charge in [-0.2, -0.15) is 0 Å². The highest BCUT2D eigenvalue weighted by Crippen LogP contribution is 2.26. The summed E-state index contributed by atoms with van der Waals surface area (Å²) >= 11 is 5.99. The third-order valence-corrected chi connectivity index (χ3v) is 5.92. The molecule has 6 heteroatoms. The van der Waals surface area contributed by atoms with Crippen LogP contribution in [-0.4, -0.2) is 48.5 Å². The summed E-state index contributed by atoms with van der Waals surface area (Å²) in [4.78, 5) is 22.0. The molecule has 2 aromatic carbocycles. The number of halogens is 1. The summed E-state index contributed by atoms with van der Waals surface area (Å²) in [7, 11) is 0. The molecule has 3 aromatic rings. The number of pyridine rings is 1. The van der Waals surface area contributed by atoms with E-state index in [-0.39, 0.29) is 5.91 Å². The molecular weight excluding hydrogens is 408 g/mol. The van der Waals surface area contributed by atoms with Gasteiger partial charge in [-0.1, -0.05) is 30.7 Å². The molecule has 5 nitrogen and oxygen atoms in total. The number of fused-ring (bicyclic) bond motifs is 1. The van der Waals surface area contributed by atoms with Gasteiger partial charge < -0.3 is 15.1 Å². The van der Waals surface area contributed by atoms with Gasteiger partial charge in [-0.3, -0.25) is 4.79 Å². The monoisotopic (exact) mass is 434 g/mol. The Labute approximate surface area is 188 Å². The number of carbonyl (C=O) groups excluding carboxylic acids is 1. The fraction of sp³-hybridized carbons (Fsp3) is 0.280. The maximum atomic E-state index is 12.3. The minimum atomic E-state index is -0.185. The molecule has 4 rings (SSSR count). The molecular formula is C25H27ClN4O. The number of anilines is 2. The number of amides is 1. The number of nitrogens with one attached hydrogen (secondary N) is 1. The number of hydrogen-bond acceptors (Lipinski definition) is 4. The third-order valence-electron chi connectivity index (χ3n) is 5.69. The highest BCUT2D eigenvalue weighted by molar-refractivity contribution is 6.30. The largest absolute Gasteiger partial charge is 0.354 e. The van der Waals surface area contributed by atoms with Gasteiger partial charge >= 0.3 is 0 Å². The van der Waals surface area contributed by atoms with Crippen LogP contribution in [0.25, 0.3) is 17.0 Å². The molecule has 1 amide bonds. The smallest absolute Gasteiger partial charge is 0.248 e. The lowest BCUT2D eigenvalue weighted by Gasteiger charge is -2.35. The summed E-state index contributed by atoms with van der Waals surface area (Å²) in [5, 5.41) is 4.63. The quantitative estimate of drug-likeness (QED) is 0.574. The van der Waals surface area contributed by atoms with Crippen molar-refractivity contribution in [3.63, 3.8) is 0 Å². The number of aryl methyl sites for hydroxylation is 1. The summed E-state index contributed by atoms with van der Waals surface area (Å²) < 4.78 is 0. The number of rotatable bonds is 5. The molecule has 1 fully saturated rings. The second-order valence-corrected chi connectivity index (χ2v) is 8.26. The molecule has 1 saturated heterocycles. The van der Waals surface area contributed by atoms with E-state index in [2.05, 4.69) is 35.0 Å². The van der Waals surface area contributed by atoms with Crippen molar-refractivity contribution < 1.29 is 4.79 Å². The van der Waals surface area contributed by atoms with Crippen LogP contribution in [0, 0.1) is 6.92 Å². The van der Waals surface area contributed by atoms with Crippen LogP contribution in [0.15, 0.2) is 54.6 Å². The van der Waals surface area contributed by atoms with Crippen LogP contribution in [0.5, 0.6) is 0 Å².